The number of amides is 1. The average molecular weight is 481 g/mol. The molecule has 122 valence electrons. The summed E-state index contributed by atoms with van der Waals surface area (Å²) >= 11 is 3.34. The standard InChI is InChI=1S/C15H21BrN4O.HI/c1-11(2)10-20-15(17)19-8-4-7-18-14(21)12-5-3-6-13(16)9-12;/h3,5-6,9H,1,4,7-8,10H2,2H3,(H,18,21)(H3,17,19,20);1H. The third-order valence-corrected chi connectivity index (χ3v) is 3.04. The summed E-state index contributed by atoms with van der Waals surface area (Å²) in [6.07, 6.45) is 0.767. The van der Waals surface area contributed by atoms with Crippen LogP contribution in [0.2, 0.25) is 0 Å². The zero-order valence-electron chi connectivity index (χ0n) is 12.6. The number of nitrogens with zero attached hydrogens (tertiary/aromatic N) is 1. The zero-order valence-corrected chi connectivity index (χ0v) is 16.5. The topological polar surface area (TPSA) is 79.5 Å². The summed E-state index contributed by atoms with van der Waals surface area (Å²) in [5, 5.41) is 5.84. The summed E-state index contributed by atoms with van der Waals surface area (Å²) in [5.41, 5.74) is 7.28. The molecule has 0 heterocycles. The molecule has 0 aliphatic rings. The fraction of sp³-hybridized carbons (Fsp3) is 0.333. The zero-order chi connectivity index (χ0) is 15.7. The van der Waals surface area contributed by atoms with Crippen molar-refractivity contribution in [1.82, 2.24) is 10.6 Å². The SMILES string of the molecule is C=C(C)CN=C(N)NCCCNC(=O)c1cccc(Br)c1.I. The van der Waals surface area contributed by atoms with Crippen molar-refractivity contribution in [2.75, 3.05) is 19.6 Å². The Morgan fingerprint density at radius 1 is 1.36 bits per heavy atom. The summed E-state index contributed by atoms with van der Waals surface area (Å²) in [7, 11) is 0. The number of halogens is 2. The second-order valence-corrected chi connectivity index (χ2v) is 5.62. The Kier molecular flexibility index (Phi) is 10.9. The van der Waals surface area contributed by atoms with E-state index in [1.54, 1.807) is 12.1 Å². The lowest BCUT2D eigenvalue weighted by Gasteiger charge is -2.07. The van der Waals surface area contributed by atoms with E-state index in [0.29, 0.717) is 31.2 Å². The predicted molar refractivity (Wildman–Crippen MR) is 106 cm³/mol. The molecule has 0 fully saturated rings. The summed E-state index contributed by atoms with van der Waals surface area (Å²) in [6.45, 7) is 7.41. The Morgan fingerprint density at radius 2 is 2.05 bits per heavy atom. The fourth-order valence-electron chi connectivity index (χ4n) is 1.51. The van der Waals surface area contributed by atoms with Crippen LogP contribution >= 0.6 is 39.9 Å². The molecule has 7 heteroatoms. The lowest BCUT2D eigenvalue weighted by atomic mass is 10.2. The van der Waals surface area contributed by atoms with Crippen LogP contribution in [0.25, 0.3) is 0 Å². The van der Waals surface area contributed by atoms with Gasteiger partial charge >= 0.3 is 0 Å². The molecule has 0 unspecified atom stereocenters. The number of carbonyl (C=O) groups is 1. The van der Waals surface area contributed by atoms with E-state index in [2.05, 4.69) is 38.1 Å². The molecule has 0 saturated carbocycles. The van der Waals surface area contributed by atoms with Crippen LogP contribution in [0.4, 0.5) is 0 Å². The van der Waals surface area contributed by atoms with Crippen LogP contribution in [0.3, 0.4) is 0 Å². The highest BCUT2D eigenvalue weighted by molar-refractivity contribution is 14.0. The van der Waals surface area contributed by atoms with Gasteiger partial charge in [0.05, 0.1) is 6.54 Å². The molecule has 5 nitrogen and oxygen atoms in total. The monoisotopic (exact) mass is 480 g/mol. The number of guanidine groups is 1. The van der Waals surface area contributed by atoms with Gasteiger partial charge in [0.15, 0.2) is 5.96 Å². The molecule has 0 spiro atoms. The van der Waals surface area contributed by atoms with Crippen LogP contribution in [-0.2, 0) is 0 Å². The van der Waals surface area contributed by atoms with Crippen LogP contribution in [0.1, 0.15) is 23.7 Å². The molecule has 0 atom stereocenters. The van der Waals surface area contributed by atoms with Crippen molar-refractivity contribution < 1.29 is 4.79 Å². The van der Waals surface area contributed by atoms with Crippen molar-refractivity contribution in [2.45, 2.75) is 13.3 Å². The van der Waals surface area contributed by atoms with Crippen molar-refractivity contribution in [3.8, 4) is 0 Å². The Hall–Kier alpha value is -1.09. The molecule has 0 aromatic heterocycles. The molecule has 0 aliphatic carbocycles. The highest BCUT2D eigenvalue weighted by atomic mass is 127. The van der Waals surface area contributed by atoms with Gasteiger partial charge in [-0.25, -0.2) is 4.99 Å². The van der Waals surface area contributed by atoms with Gasteiger partial charge in [0, 0.05) is 23.1 Å². The third-order valence-electron chi connectivity index (χ3n) is 2.55. The van der Waals surface area contributed by atoms with Crippen molar-refractivity contribution >= 4 is 51.8 Å². The minimum atomic E-state index is -0.0831. The number of benzene rings is 1. The van der Waals surface area contributed by atoms with Crippen LogP contribution in [0, 0.1) is 0 Å². The molecular weight excluding hydrogens is 459 g/mol. The quantitative estimate of drug-likeness (QED) is 0.184. The van der Waals surface area contributed by atoms with Gasteiger partial charge in [-0.05, 0) is 31.5 Å². The Balaban J connectivity index is 0.00000441. The van der Waals surface area contributed by atoms with E-state index in [9.17, 15) is 4.79 Å². The molecule has 1 rings (SSSR count). The summed E-state index contributed by atoms with van der Waals surface area (Å²) < 4.78 is 0.887. The first kappa shape index (κ1) is 20.9. The predicted octanol–water partition coefficient (Wildman–Crippen LogP) is 2.67. The van der Waals surface area contributed by atoms with Gasteiger partial charge in [-0.15, -0.1) is 24.0 Å². The number of aliphatic imine (C=N–C) groups is 1. The van der Waals surface area contributed by atoms with E-state index >= 15 is 0 Å². The van der Waals surface area contributed by atoms with Crippen LogP contribution in [0.5, 0.6) is 0 Å². The van der Waals surface area contributed by atoms with Gasteiger partial charge in [-0.3, -0.25) is 4.79 Å². The lowest BCUT2D eigenvalue weighted by molar-refractivity contribution is 0.0953. The van der Waals surface area contributed by atoms with Crippen LogP contribution < -0.4 is 16.4 Å². The molecule has 4 N–H and O–H groups in total. The van der Waals surface area contributed by atoms with E-state index in [-0.39, 0.29) is 29.9 Å². The third kappa shape index (κ3) is 9.04. The van der Waals surface area contributed by atoms with Crippen molar-refractivity contribution in [2.24, 2.45) is 10.7 Å². The molecule has 0 radical (unpaired) electrons. The first-order chi connectivity index (χ1) is 9.99. The van der Waals surface area contributed by atoms with E-state index in [4.69, 9.17) is 5.73 Å². The molecule has 1 aromatic carbocycles. The molecule has 0 bridgehead atoms. The summed E-state index contributed by atoms with van der Waals surface area (Å²) in [6, 6.07) is 7.28. The van der Waals surface area contributed by atoms with Gasteiger partial charge in [0.1, 0.15) is 0 Å². The van der Waals surface area contributed by atoms with Gasteiger partial charge in [-0.1, -0.05) is 34.1 Å². The smallest absolute Gasteiger partial charge is 0.251 e. The van der Waals surface area contributed by atoms with Gasteiger partial charge in [0.2, 0.25) is 0 Å². The maximum absolute atomic E-state index is 11.9. The van der Waals surface area contributed by atoms with E-state index in [1.807, 2.05) is 19.1 Å². The van der Waals surface area contributed by atoms with E-state index < -0.39 is 0 Å². The largest absolute Gasteiger partial charge is 0.370 e. The lowest BCUT2D eigenvalue weighted by Crippen LogP contribution is -2.34. The van der Waals surface area contributed by atoms with Crippen molar-refractivity contribution in [1.29, 1.82) is 0 Å². The minimum Gasteiger partial charge on any atom is -0.370 e. The van der Waals surface area contributed by atoms with Crippen LogP contribution in [0.15, 0.2) is 45.9 Å². The second-order valence-electron chi connectivity index (χ2n) is 4.71. The maximum atomic E-state index is 11.9. The highest BCUT2D eigenvalue weighted by Crippen LogP contribution is 2.11. The number of hydrogen-bond donors (Lipinski definition) is 3. The maximum Gasteiger partial charge on any atom is 0.251 e. The molecule has 1 amide bonds. The van der Waals surface area contributed by atoms with Gasteiger partial charge in [-0.2, -0.15) is 0 Å². The number of hydrogen-bond acceptors (Lipinski definition) is 2. The van der Waals surface area contributed by atoms with Crippen molar-refractivity contribution in [3.05, 3.63) is 46.5 Å². The first-order valence-electron chi connectivity index (χ1n) is 6.71. The Labute approximate surface area is 157 Å². The number of nitrogens with one attached hydrogen (secondary N) is 2. The molecule has 1 aromatic rings. The van der Waals surface area contributed by atoms with Crippen LogP contribution in [-0.4, -0.2) is 31.5 Å². The second kappa shape index (κ2) is 11.5. The molecule has 0 aliphatic heterocycles. The van der Waals surface area contributed by atoms with Gasteiger partial charge in [0.25, 0.3) is 5.91 Å². The Morgan fingerprint density at radius 3 is 2.68 bits per heavy atom. The number of nitrogens with two attached hydrogens (primary N) is 1. The fourth-order valence-corrected chi connectivity index (χ4v) is 1.91. The summed E-state index contributed by atoms with van der Waals surface area (Å²) in [5.74, 6) is 0.316. The Bertz CT molecular complexity index is 534. The first-order valence-corrected chi connectivity index (χ1v) is 7.50. The molecule has 22 heavy (non-hydrogen) atoms. The van der Waals surface area contributed by atoms with E-state index in [0.717, 1.165) is 16.5 Å². The highest BCUT2D eigenvalue weighted by Gasteiger charge is 2.04. The number of carbonyl (C=O) groups excluding carboxylic acids is 1. The minimum absolute atomic E-state index is 0. The van der Waals surface area contributed by atoms with Crippen molar-refractivity contribution in [3.63, 3.8) is 0 Å². The molecule has 0 saturated heterocycles. The number of rotatable bonds is 7. The van der Waals surface area contributed by atoms with E-state index in [1.165, 1.54) is 0 Å². The molecular formula is C15H22BrIN4O. The normalized spacial score (nSPS) is 10.5. The summed E-state index contributed by atoms with van der Waals surface area (Å²) in [4.78, 5) is 16.0. The van der Waals surface area contributed by atoms with Gasteiger partial charge < -0.3 is 16.4 Å². The average Bonchev–Trinajstić information content (AvgIpc) is 2.44.